The molecule has 3 nitrogen and oxygen atoms in total. The standard InChI is InChI=1S/C18H26N2O/c1-6-7-8-16-17(12(2)3)18(21)20(19-16)15-10-9-13(4)14(5)11-15/h9-12,19H,6-8H2,1-5H3. The van der Waals surface area contributed by atoms with Crippen molar-refractivity contribution >= 4 is 0 Å². The monoisotopic (exact) mass is 286 g/mol. The lowest BCUT2D eigenvalue weighted by Gasteiger charge is -2.05. The van der Waals surface area contributed by atoms with Crippen LogP contribution in [0.15, 0.2) is 23.0 Å². The van der Waals surface area contributed by atoms with E-state index >= 15 is 0 Å². The van der Waals surface area contributed by atoms with Crippen molar-refractivity contribution in [2.75, 3.05) is 0 Å². The predicted molar refractivity (Wildman–Crippen MR) is 88.6 cm³/mol. The van der Waals surface area contributed by atoms with Crippen molar-refractivity contribution in [2.24, 2.45) is 0 Å². The summed E-state index contributed by atoms with van der Waals surface area (Å²) in [5.74, 6) is 0.244. The average Bonchev–Trinajstić information content (AvgIpc) is 2.76. The third kappa shape index (κ3) is 3.12. The van der Waals surface area contributed by atoms with Gasteiger partial charge in [-0.3, -0.25) is 9.89 Å². The molecule has 0 saturated heterocycles. The highest BCUT2D eigenvalue weighted by Crippen LogP contribution is 2.19. The highest BCUT2D eigenvalue weighted by Gasteiger charge is 2.17. The van der Waals surface area contributed by atoms with E-state index in [0.29, 0.717) is 0 Å². The Morgan fingerprint density at radius 3 is 2.48 bits per heavy atom. The molecule has 114 valence electrons. The number of aromatic nitrogens is 2. The Balaban J connectivity index is 2.53. The second kappa shape index (κ2) is 6.33. The second-order valence-electron chi connectivity index (χ2n) is 6.17. The van der Waals surface area contributed by atoms with Gasteiger partial charge in [0.15, 0.2) is 0 Å². The average molecular weight is 286 g/mol. The first-order valence-electron chi connectivity index (χ1n) is 7.87. The van der Waals surface area contributed by atoms with Crippen molar-refractivity contribution < 1.29 is 0 Å². The fourth-order valence-corrected chi connectivity index (χ4v) is 2.68. The number of rotatable bonds is 5. The molecular weight excluding hydrogens is 260 g/mol. The SMILES string of the molecule is CCCCc1[nH]n(-c2ccc(C)c(C)c2)c(=O)c1C(C)C. The Kier molecular flexibility index (Phi) is 4.71. The van der Waals surface area contributed by atoms with Gasteiger partial charge in [0.2, 0.25) is 0 Å². The van der Waals surface area contributed by atoms with Crippen LogP contribution in [-0.2, 0) is 6.42 Å². The zero-order valence-electron chi connectivity index (χ0n) is 13.8. The maximum Gasteiger partial charge on any atom is 0.274 e. The van der Waals surface area contributed by atoms with Gasteiger partial charge in [-0.1, -0.05) is 33.3 Å². The molecule has 0 unspecified atom stereocenters. The van der Waals surface area contributed by atoms with E-state index < -0.39 is 0 Å². The summed E-state index contributed by atoms with van der Waals surface area (Å²) < 4.78 is 1.70. The van der Waals surface area contributed by atoms with Gasteiger partial charge in [-0.25, -0.2) is 4.68 Å². The Bertz CT molecular complexity index is 677. The lowest BCUT2D eigenvalue weighted by atomic mass is 10.0. The summed E-state index contributed by atoms with van der Waals surface area (Å²) in [6.45, 7) is 10.5. The molecule has 0 aliphatic carbocycles. The summed E-state index contributed by atoms with van der Waals surface area (Å²) in [4.78, 5) is 12.7. The quantitative estimate of drug-likeness (QED) is 0.876. The van der Waals surface area contributed by atoms with Crippen molar-refractivity contribution in [3.05, 3.63) is 50.9 Å². The van der Waals surface area contributed by atoms with E-state index in [0.717, 1.165) is 36.2 Å². The van der Waals surface area contributed by atoms with Crippen molar-refractivity contribution in [3.63, 3.8) is 0 Å². The summed E-state index contributed by atoms with van der Waals surface area (Å²) in [7, 11) is 0. The zero-order valence-corrected chi connectivity index (χ0v) is 13.8. The van der Waals surface area contributed by atoms with E-state index in [1.165, 1.54) is 11.1 Å². The molecule has 3 heteroatoms. The van der Waals surface area contributed by atoms with Gasteiger partial charge in [-0.05, 0) is 55.9 Å². The van der Waals surface area contributed by atoms with Crippen molar-refractivity contribution in [1.29, 1.82) is 0 Å². The molecule has 0 atom stereocenters. The molecule has 0 saturated carbocycles. The third-order valence-electron chi connectivity index (χ3n) is 4.11. The molecule has 0 spiro atoms. The molecule has 0 aliphatic rings. The summed E-state index contributed by atoms with van der Waals surface area (Å²) in [5.41, 5.74) is 5.49. The van der Waals surface area contributed by atoms with Crippen LogP contribution in [0.5, 0.6) is 0 Å². The molecule has 0 amide bonds. The van der Waals surface area contributed by atoms with Crippen molar-refractivity contribution in [1.82, 2.24) is 9.78 Å². The fraction of sp³-hybridized carbons (Fsp3) is 0.500. The summed E-state index contributed by atoms with van der Waals surface area (Å²) >= 11 is 0. The third-order valence-corrected chi connectivity index (χ3v) is 4.11. The Morgan fingerprint density at radius 2 is 1.90 bits per heavy atom. The van der Waals surface area contributed by atoms with E-state index in [1.54, 1.807) is 4.68 Å². The van der Waals surface area contributed by atoms with Gasteiger partial charge in [0.05, 0.1) is 5.69 Å². The fourth-order valence-electron chi connectivity index (χ4n) is 2.68. The van der Waals surface area contributed by atoms with Crippen LogP contribution >= 0.6 is 0 Å². The number of H-pyrrole nitrogens is 1. The van der Waals surface area contributed by atoms with Crippen LogP contribution in [0, 0.1) is 13.8 Å². The van der Waals surface area contributed by atoms with Crippen molar-refractivity contribution in [3.8, 4) is 5.69 Å². The number of hydrogen-bond donors (Lipinski definition) is 1. The molecule has 2 aromatic rings. The number of nitrogens with one attached hydrogen (secondary N) is 1. The number of aromatic amines is 1. The summed E-state index contributed by atoms with van der Waals surface area (Å²) in [6, 6.07) is 6.15. The van der Waals surface area contributed by atoms with E-state index in [4.69, 9.17) is 0 Å². The number of hydrogen-bond acceptors (Lipinski definition) is 1. The largest absolute Gasteiger partial charge is 0.295 e. The lowest BCUT2D eigenvalue weighted by molar-refractivity contribution is 0.738. The first-order valence-corrected chi connectivity index (χ1v) is 7.87. The van der Waals surface area contributed by atoms with Gasteiger partial charge in [0.25, 0.3) is 5.56 Å². The van der Waals surface area contributed by atoms with E-state index in [2.05, 4.69) is 51.9 Å². The van der Waals surface area contributed by atoms with E-state index in [9.17, 15) is 4.79 Å². The Hall–Kier alpha value is -1.77. The van der Waals surface area contributed by atoms with Crippen LogP contribution in [0.2, 0.25) is 0 Å². The minimum Gasteiger partial charge on any atom is -0.295 e. The molecule has 0 bridgehead atoms. The zero-order chi connectivity index (χ0) is 15.6. The Morgan fingerprint density at radius 1 is 1.19 bits per heavy atom. The van der Waals surface area contributed by atoms with Crippen LogP contribution in [-0.4, -0.2) is 9.78 Å². The maximum absolute atomic E-state index is 12.7. The van der Waals surface area contributed by atoms with Gasteiger partial charge >= 0.3 is 0 Å². The van der Waals surface area contributed by atoms with Gasteiger partial charge in [-0.2, -0.15) is 0 Å². The molecule has 2 rings (SSSR count). The van der Waals surface area contributed by atoms with Crippen molar-refractivity contribution in [2.45, 2.75) is 59.8 Å². The first-order chi connectivity index (χ1) is 9.95. The van der Waals surface area contributed by atoms with Gasteiger partial charge in [0, 0.05) is 11.3 Å². The maximum atomic E-state index is 12.7. The topological polar surface area (TPSA) is 37.8 Å². The van der Waals surface area contributed by atoms with Crippen LogP contribution in [0.3, 0.4) is 0 Å². The minimum atomic E-state index is 0.0966. The molecule has 1 aromatic heterocycles. The van der Waals surface area contributed by atoms with Crippen LogP contribution in [0.25, 0.3) is 5.69 Å². The number of benzene rings is 1. The summed E-state index contributed by atoms with van der Waals surface area (Å²) in [5, 5.41) is 3.33. The number of aryl methyl sites for hydroxylation is 3. The molecule has 0 radical (unpaired) electrons. The van der Waals surface area contributed by atoms with E-state index in [1.807, 2.05) is 6.07 Å². The van der Waals surface area contributed by atoms with Crippen LogP contribution in [0.1, 0.15) is 61.9 Å². The molecule has 1 aromatic carbocycles. The molecule has 1 heterocycles. The van der Waals surface area contributed by atoms with Crippen LogP contribution < -0.4 is 5.56 Å². The highest BCUT2D eigenvalue weighted by atomic mass is 16.1. The summed E-state index contributed by atoms with van der Waals surface area (Å²) in [6.07, 6.45) is 3.18. The molecule has 21 heavy (non-hydrogen) atoms. The second-order valence-corrected chi connectivity index (χ2v) is 6.17. The minimum absolute atomic E-state index is 0.0966. The highest BCUT2D eigenvalue weighted by molar-refractivity contribution is 5.40. The first kappa shape index (κ1) is 15.6. The lowest BCUT2D eigenvalue weighted by Crippen LogP contribution is -2.18. The van der Waals surface area contributed by atoms with Gasteiger partial charge in [0.1, 0.15) is 0 Å². The molecule has 0 aliphatic heterocycles. The van der Waals surface area contributed by atoms with Gasteiger partial charge < -0.3 is 0 Å². The Labute approximate surface area is 127 Å². The number of unbranched alkanes of at least 4 members (excludes halogenated alkanes) is 1. The normalized spacial score (nSPS) is 11.3. The molecule has 0 fully saturated rings. The van der Waals surface area contributed by atoms with Gasteiger partial charge in [-0.15, -0.1) is 0 Å². The molecule has 1 N–H and O–H groups in total. The van der Waals surface area contributed by atoms with Crippen LogP contribution in [0.4, 0.5) is 0 Å². The predicted octanol–water partition coefficient (Wildman–Crippen LogP) is 4.25. The smallest absolute Gasteiger partial charge is 0.274 e. The molecular formula is C18H26N2O. The number of nitrogens with zero attached hydrogens (tertiary/aromatic N) is 1. The van der Waals surface area contributed by atoms with E-state index in [-0.39, 0.29) is 11.5 Å².